The van der Waals surface area contributed by atoms with Gasteiger partial charge in [0.15, 0.2) is 0 Å². The minimum atomic E-state index is -0.267. The van der Waals surface area contributed by atoms with Crippen LogP contribution in [0, 0.1) is 18.2 Å². The van der Waals surface area contributed by atoms with E-state index in [4.69, 9.17) is 0 Å². The van der Waals surface area contributed by atoms with Gasteiger partial charge in [-0.25, -0.2) is 4.39 Å². The Morgan fingerprint density at radius 2 is 2.04 bits per heavy atom. The number of H-pyrrole nitrogens is 1. The van der Waals surface area contributed by atoms with Gasteiger partial charge in [0, 0.05) is 35.1 Å². The average molecular weight is 357 g/mol. The van der Waals surface area contributed by atoms with Crippen LogP contribution in [0.1, 0.15) is 43.4 Å². The Morgan fingerprint density at radius 1 is 1.27 bits per heavy atom. The standard InChI is InChI=1S/C21H28FN3O/c1-15-17(18-11-16(22)5-6-19(18)24-15)12-20(26)23-13-21(7-8-21)14-25-9-3-2-4-10-25/h5-6,11,24H,2-4,7-10,12-14H2,1H3,(H,23,26). The third kappa shape index (κ3) is 3.78. The zero-order chi connectivity index (χ0) is 18.1. The number of carbonyl (C=O) groups is 1. The van der Waals surface area contributed by atoms with Crippen molar-refractivity contribution in [1.29, 1.82) is 0 Å². The molecule has 1 saturated heterocycles. The second-order valence-electron chi connectivity index (χ2n) is 8.21. The highest BCUT2D eigenvalue weighted by Gasteiger charge is 2.44. The van der Waals surface area contributed by atoms with Gasteiger partial charge >= 0.3 is 0 Å². The molecule has 140 valence electrons. The molecule has 2 heterocycles. The van der Waals surface area contributed by atoms with Gasteiger partial charge in [0.2, 0.25) is 5.91 Å². The summed E-state index contributed by atoms with van der Waals surface area (Å²) in [7, 11) is 0. The van der Waals surface area contributed by atoms with Crippen LogP contribution in [-0.2, 0) is 11.2 Å². The van der Waals surface area contributed by atoms with Crippen LogP contribution in [-0.4, -0.2) is 42.0 Å². The summed E-state index contributed by atoms with van der Waals surface area (Å²) in [4.78, 5) is 18.3. The molecule has 1 aliphatic carbocycles. The number of aromatic nitrogens is 1. The number of hydrogen-bond donors (Lipinski definition) is 2. The number of halogens is 1. The zero-order valence-corrected chi connectivity index (χ0v) is 15.5. The normalized spacial score (nSPS) is 19.6. The Balaban J connectivity index is 1.36. The Hall–Kier alpha value is -1.88. The summed E-state index contributed by atoms with van der Waals surface area (Å²) in [6.45, 7) is 6.23. The fourth-order valence-electron chi connectivity index (χ4n) is 4.25. The maximum absolute atomic E-state index is 13.6. The Labute approximate surface area is 154 Å². The van der Waals surface area contributed by atoms with Crippen molar-refractivity contribution in [2.75, 3.05) is 26.2 Å². The van der Waals surface area contributed by atoms with Crippen LogP contribution < -0.4 is 5.32 Å². The van der Waals surface area contributed by atoms with Gasteiger partial charge in [-0.3, -0.25) is 4.79 Å². The highest BCUT2D eigenvalue weighted by atomic mass is 19.1. The zero-order valence-electron chi connectivity index (χ0n) is 15.5. The summed E-state index contributed by atoms with van der Waals surface area (Å²) in [5.74, 6) is -0.236. The maximum Gasteiger partial charge on any atom is 0.224 e. The third-order valence-electron chi connectivity index (χ3n) is 6.04. The summed E-state index contributed by atoms with van der Waals surface area (Å²) >= 11 is 0. The van der Waals surface area contributed by atoms with E-state index in [-0.39, 0.29) is 17.1 Å². The van der Waals surface area contributed by atoms with Crippen molar-refractivity contribution in [2.24, 2.45) is 5.41 Å². The summed E-state index contributed by atoms with van der Waals surface area (Å²) in [5.41, 5.74) is 3.01. The van der Waals surface area contributed by atoms with E-state index in [1.807, 2.05) is 6.92 Å². The lowest BCUT2D eigenvalue weighted by Gasteiger charge is -2.30. The first kappa shape index (κ1) is 17.5. The molecule has 0 spiro atoms. The Kier molecular flexibility index (Phi) is 4.74. The molecular weight excluding hydrogens is 329 g/mol. The molecule has 4 rings (SSSR count). The third-order valence-corrected chi connectivity index (χ3v) is 6.04. The molecule has 1 aliphatic heterocycles. The summed E-state index contributed by atoms with van der Waals surface area (Å²) in [6.07, 6.45) is 6.68. The molecule has 0 atom stereocenters. The lowest BCUT2D eigenvalue weighted by atomic mass is 10.0. The van der Waals surface area contributed by atoms with Gasteiger partial charge in [0.05, 0.1) is 6.42 Å². The number of nitrogens with zero attached hydrogens (tertiary/aromatic N) is 1. The van der Waals surface area contributed by atoms with E-state index in [1.54, 1.807) is 6.07 Å². The minimum Gasteiger partial charge on any atom is -0.358 e. The quantitative estimate of drug-likeness (QED) is 0.831. The van der Waals surface area contributed by atoms with Gasteiger partial charge in [0.25, 0.3) is 0 Å². The van der Waals surface area contributed by atoms with E-state index in [1.165, 1.54) is 57.3 Å². The van der Waals surface area contributed by atoms with Gasteiger partial charge < -0.3 is 15.2 Å². The van der Waals surface area contributed by atoms with Crippen LogP contribution in [0.25, 0.3) is 10.9 Å². The van der Waals surface area contributed by atoms with Gasteiger partial charge in [-0.05, 0) is 69.5 Å². The molecule has 0 unspecified atom stereocenters. The van der Waals surface area contributed by atoms with Crippen molar-refractivity contribution < 1.29 is 9.18 Å². The number of amides is 1. The fraction of sp³-hybridized carbons (Fsp3) is 0.571. The maximum atomic E-state index is 13.6. The highest BCUT2D eigenvalue weighted by Crippen LogP contribution is 2.46. The number of aromatic amines is 1. The van der Waals surface area contributed by atoms with Crippen molar-refractivity contribution in [2.45, 2.75) is 45.4 Å². The molecule has 2 fully saturated rings. The summed E-state index contributed by atoms with van der Waals surface area (Å²) < 4.78 is 13.6. The number of likely N-dealkylation sites (tertiary alicyclic amines) is 1. The van der Waals surface area contributed by atoms with E-state index in [2.05, 4.69) is 15.2 Å². The minimum absolute atomic E-state index is 0.0307. The van der Waals surface area contributed by atoms with E-state index >= 15 is 0 Å². The number of carbonyl (C=O) groups excluding carboxylic acids is 1. The van der Waals surface area contributed by atoms with Gasteiger partial charge in [-0.15, -0.1) is 0 Å². The molecule has 1 aromatic heterocycles. The van der Waals surface area contributed by atoms with Crippen LogP contribution in [0.3, 0.4) is 0 Å². The molecular formula is C21H28FN3O. The summed E-state index contributed by atoms with van der Waals surface area (Å²) in [5, 5.41) is 3.96. The molecule has 0 radical (unpaired) electrons. The molecule has 2 aliphatic rings. The van der Waals surface area contributed by atoms with Crippen molar-refractivity contribution in [3.63, 3.8) is 0 Å². The van der Waals surface area contributed by atoms with Crippen LogP contribution in [0.15, 0.2) is 18.2 Å². The van der Waals surface area contributed by atoms with Crippen molar-refractivity contribution in [3.05, 3.63) is 35.3 Å². The first-order chi connectivity index (χ1) is 12.5. The van der Waals surface area contributed by atoms with Crippen molar-refractivity contribution in [1.82, 2.24) is 15.2 Å². The van der Waals surface area contributed by atoms with Crippen LogP contribution >= 0.6 is 0 Å². The van der Waals surface area contributed by atoms with E-state index in [0.29, 0.717) is 6.42 Å². The number of piperidine rings is 1. The van der Waals surface area contributed by atoms with E-state index < -0.39 is 0 Å². The highest BCUT2D eigenvalue weighted by molar-refractivity contribution is 5.90. The molecule has 2 aromatic rings. The first-order valence-electron chi connectivity index (χ1n) is 9.80. The van der Waals surface area contributed by atoms with E-state index in [0.717, 1.165) is 35.2 Å². The molecule has 5 heteroatoms. The Bertz CT molecular complexity index is 803. The average Bonchev–Trinajstić information content (AvgIpc) is 3.33. The molecule has 0 bridgehead atoms. The molecule has 1 amide bonds. The topological polar surface area (TPSA) is 48.1 Å². The largest absolute Gasteiger partial charge is 0.358 e. The van der Waals surface area contributed by atoms with Gasteiger partial charge in [-0.1, -0.05) is 6.42 Å². The van der Waals surface area contributed by atoms with Gasteiger partial charge in [0.1, 0.15) is 5.82 Å². The molecule has 1 aromatic carbocycles. The second-order valence-corrected chi connectivity index (χ2v) is 8.21. The van der Waals surface area contributed by atoms with Crippen LogP contribution in [0.4, 0.5) is 4.39 Å². The number of benzene rings is 1. The lowest BCUT2D eigenvalue weighted by molar-refractivity contribution is -0.120. The first-order valence-corrected chi connectivity index (χ1v) is 9.80. The molecule has 26 heavy (non-hydrogen) atoms. The number of fused-ring (bicyclic) bond motifs is 1. The lowest BCUT2D eigenvalue weighted by Crippen LogP contribution is -2.40. The van der Waals surface area contributed by atoms with Crippen LogP contribution in [0.5, 0.6) is 0 Å². The predicted octanol–water partition coefficient (Wildman–Crippen LogP) is 3.54. The van der Waals surface area contributed by atoms with Crippen molar-refractivity contribution >= 4 is 16.8 Å². The number of aryl methyl sites for hydroxylation is 1. The Morgan fingerprint density at radius 3 is 2.77 bits per heavy atom. The monoisotopic (exact) mass is 357 g/mol. The van der Waals surface area contributed by atoms with E-state index in [9.17, 15) is 9.18 Å². The fourth-order valence-corrected chi connectivity index (χ4v) is 4.25. The number of rotatable bonds is 6. The number of nitrogens with one attached hydrogen (secondary N) is 2. The molecule has 2 N–H and O–H groups in total. The smallest absolute Gasteiger partial charge is 0.224 e. The second kappa shape index (κ2) is 7.03. The van der Waals surface area contributed by atoms with Crippen LogP contribution in [0.2, 0.25) is 0 Å². The predicted molar refractivity (Wildman–Crippen MR) is 102 cm³/mol. The molecule has 4 nitrogen and oxygen atoms in total. The number of hydrogen-bond acceptors (Lipinski definition) is 2. The van der Waals surface area contributed by atoms with Crippen molar-refractivity contribution in [3.8, 4) is 0 Å². The van der Waals surface area contributed by atoms with Gasteiger partial charge in [-0.2, -0.15) is 0 Å². The molecule has 1 saturated carbocycles. The summed E-state index contributed by atoms with van der Waals surface area (Å²) in [6, 6.07) is 4.69. The SMILES string of the molecule is Cc1[nH]c2ccc(F)cc2c1CC(=O)NCC1(CN2CCCCC2)CC1.